The van der Waals surface area contributed by atoms with Crippen molar-refractivity contribution in [2.24, 2.45) is 0 Å². The number of halogens is 2. The molecule has 0 spiro atoms. The highest BCUT2D eigenvalue weighted by Gasteiger charge is 2.07. The van der Waals surface area contributed by atoms with Crippen molar-refractivity contribution < 1.29 is 4.39 Å². The van der Waals surface area contributed by atoms with Crippen LogP contribution < -0.4 is 10.2 Å². The van der Waals surface area contributed by atoms with Gasteiger partial charge in [0.2, 0.25) is 0 Å². The second-order valence-electron chi connectivity index (χ2n) is 3.47. The van der Waals surface area contributed by atoms with Gasteiger partial charge in [-0.3, -0.25) is 0 Å². The van der Waals surface area contributed by atoms with E-state index in [0.29, 0.717) is 10.7 Å². The summed E-state index contributed by atoms with van der Waals surface area (Å²) in [6.07, 6.45) is 0.981. The van der Waals surface area contributed by atoms with Gasteiger partial charge in [0, 0.05) is 18.6 Å². The van der Waals surface area contributed by atoms with Gasteiger partial charge in [0.05, 0.1) is 5.69 Å². The summed E-state index contributed by atoms with van der Waals surface area (Å²) in [6, 6.07) is 4.75. The molecule has 0 heterocycles. The van der Waals surface area contributed by atoms with Crippen LogP contribution in [-0.2, 0) is 0 Å². The van der Waals surface area contributed by atoms with Crippen LogP contribution in [0.4, 0.5) is 10.1 Å². The smallest absolute Gasteiger partial charge is 0.147 e. The molecule has 0 fully saturated rings. The van der Waals surface area contributed by atoms with Crippen LogP contribution in [0.5, 0.6) is 0 Å². The van der Waals surface area contributed by atoms with E-state index in [9.17, 15) is 4.39 Å². The van der Waals surface area contributed by atoms with Crippen molar-refractivity contribution in [1.29, 1.82) is 0 Å². The lowest BCUT2D eigenvalue weighted by atomic mass is 10.2. The molecule has 0 aliphatic carbocycles. The van der Waals surface area contributed by atoms with Gasteiger partial charge in [-0.2, -0.15) is 0 Å². The number of nitrogens with zero attached hydrogens (tertiary/aromatic N) is 1. The fourth-order valence-electron chi connectivity index (χ4n) is 1.40. The summed E-state index contributed by atoms with van der Waals surface area (Å²) in [4.78, 5) is 1.89. The van der Waals surface area contributed by atoms with Crippen molar-refractivity contribution in [2.75, 3.05) is 32.1 Å². The van der Waals surface area contributed by atoms with Gasteiger partial charge in [0.25, 0.3) is 0 Å². The van der Waals surface area contributed by atoms with Crippen LogP contribution in [0, 0.1) is 5.82 Å². The van der Waals surface area contributed by atoms with E-state index < -0.39 is 0 Å². The molecule has 1 aromatic carbocycles. The second kappa shape index (κ2) is 5.93. The number of rotatable bonds is 5. The summed E-state index contributed by atoms with van der Waals surface area (Å²) >= 11 is 5.68. The Morgan fingerprint density at radius 1 is 1.47 bits per heavy atom. The third kappa shape index (κ3) is 3.68. The SMILES string of the molecule is CNCCCN(C)c1ccc(Cl)cc1F. The predicted octanol–water partition coefficient (Wildman–Crippen LogP) is 2.52. The highest BCUT2D eigenvalue weighted by Crippen LogP contribution is 2.21. The lowest BCUT2D eigenvalue weighted by Gasteiger charge is -2.19. The lowest BCUT2D eigenvalue weighted by Crippen LogP contribution is -2.23. The maximum absolute atomic E-state index is 13.5. The zero-order valence-corrected chi connectivity index (χ0v) is 9.81. The minimum absolute atomic E-state index is 0.269. The van der Waals surface area contributed by atoms with Gasteiger partial charge < -0.3 is 10.2 Å². The van der Waals surface area contributed by atoms with E-state index in [1.54, 1.807) is 12.1 Å². The molecule has 0 amide bonds. The molecule has 0 saturated carbocycles. The van der Waals surface area contributed by atoms with Crippen molar-refractivity contribution >= 4 is 17.3 Å². The zero-order valence-electron chi connectivity index (χ0n) is 9.06. The summed E-state index contributed by atoms with van der Waals surface area (Å²) < 4.78 is 13.5. The zero-order chi connectivity index (χ0) is 11.3. The first-order chi connectivity index (χ1) is 7.15. The normalized spacial score (nSPS) is 10.4. The van der Waals surface area contributed by atoms with E-state index in [1.165, 1.54) is 6.07 Å². The van der Waals surface area contributed by atoms with Gasteiger partial charge in [0.15, 0.2) is 0 Å². The second-order valence-corrected chi connectivity index (χ2v) is 3.91. The van der Waals surface area contributed by atoms with Gasteiger partial charge >= 0.3 is 0 Å². The molecule has 0 unspecified atom stereocenters. The molecule has 0 atom stereocenters. The summed E-state index contributed by atoms with van der Waals surface area (Å²) in [5.41, 5.74) is 0.593. The molecule has 0 aliphatic rings. The van der Waals surface area contributed by atoms with Crippen molar-refractivity contribution in [3.63, 3.8) is 0 Å². The van der Waals surface area contributed by atoms with E-state index in [0.717, 1.165) is 19.5 Å². The molecule has 0 saturated heterocycles. The molecule has 0 aliphatic heterocycles. The highest BCUT2D eigenvalue weighted by molar-refractivity contribution is 6.30. The van der Waals surface area contributed by atoms with Crippen LogP contribution in [-0.4, -0.2) is 27.2 Å². The maximum Gasteiger partial charge on any atom is 0.147 e. The molecule has 1 aromatic rings. The fraction of sp³-hybridized carbons (Fsp3) is 0.455. The number of hydrogen-bond donors (Lipinski definition) is 1. The van der Waals surface area contributed by atoms with Crippen molar-refractivity contribution in [3.8, 4) is 0 Å². The summed E-state index contributed by atoms with van der Waals surface area (Å²) in [6.45, 7) is 1.75. The van der Waals surface area contributed by atoms with Crippen LogP contribution in [0.15, 0.2) is 18.2 Å². The maximum atomic E-state index is 13.5. The fourth-order valence-corrected chi connectivity index (χ4v) is 1.56. The van der Waals surface area contributed by atoms with E-state index in [-0.39, 0.29) is 5.82 Å². The monoisotopic (exact) mass is 230 g/mol. The molecule has 4 heteroatoms. The lowest BCUT2D eigenvalue weighted by molar-refractivity contribution is 0.618. The first-order valence-corrected chi connectivity index (χ1v) is 5.33. The Labute approximate surface area is 95.0 Å². The quantitative estimate of drug-likeness (QED) is 0.782. The van der Waals surface area contributed by atoms with Gasteiger partial charge in [-0.05, 0) is 38.2 Å². The van der Waals surface area contributed by atoms with E-state index in [1.807, 2.05) is 19.0 Å². The molecular weight excluding hydrogens is 215 g/mol. The molecule has 0 aromatic heterocycles. The number of benzene rings is 1. The third-order valence-electron chi connectivity index (χ3n) is 2.24. The minimum atomic E-state index is -0.269. The van der Waals surface area contributed by atoms with Gasteiger partial charge in [-0.1, -0.05) is 11.6 Å². The van der Waals surface area contributed by atoms with Crippen LogP contribution in [0.2, 0.25) is 5.02 Å². The van der Waals surface area contributed by atoms with Crippen molar-refractivity contribution in [1.82, 2.24) is 5.32 Å². The standard InChI is InChI=1S/C11H16ClFN2/c1-14-6-3-7-15(2)11-5-4-9(12)8-10(11)13/h4-5,8,14H,3,6-7H2,1-2H3. The van der Waals surface area contributed by atoms with Crippen LogP contribution >= 0.6 is 11.6 Å². The Morgan fingerprint density at radius 3 is 2.80 bits per heavy atom. The first-order valence-electron chi connectivity index (χ1n) is 4.96. The summed E-state index contributed by atoms with van der Waals surface area (Å²) in [5, 5.41) is 3.49. The van der Waals surface area contributed by atoms with Gasteiger partial charge in [-0.15, -0.1) is 0 Å². The van der Waals surface area contributed by atoms with Crippen LogP contribution in [0.3, 0.4) is 0 Å². The topological polar surface area (TPSA) is 15.3 Å². The van der Waals surface area contributed by atoms with E-state index in [4.69, 9.17) is 11.6 Å². The Morgan fingerprint density at radius 2 is 2.20 bits per heavy atom. The molecule has 84 valence electrons. The number of anilines is 1. The Hall–Kier alpha value is -0.800. The highest BCUT2D eigenvalue weighted by atomic mass is 35.5. The average Bonchev–Trinajstić information content (AvgIpc) is 2.17. The average molecular weight is 231 g/mol. The summed E-state index contributed by atoms with van der Waals surface area (Å²) in [5.74, 6) is -0.269. The number of nitrogens with one attached hydrogen (secondary N) is 1. The Bertz CT molecular complexity index is 317. The molecule has 0 radical (unpaired) electrons. The molecule has 2 nitrogen and oxygen atoms in total. The van der Waals surface area contributed by atoms with Gasteiger partial charge in [-0.25, -0.2) is 4.39 Å². The van der Waals surface area contributed by atoms with Crippen LogP contribution in [0.1, 0.15) is 6.42 Å². The van der Waals surface area contributed by atoms with E-state index >= 15 is 0 Å². The molecular formula is C11H16ClFN2. The molecule has 1 N–H and O–H groups in total. The molecule has 0 bridgehead atoms. The Balaban J connectivity index is 2.61. The molecule has 15 heavy (non-hydrogen) atoms. The molecule has 1 rings (SSSR count). The van der Waals surface area contributed by atoms with Gasteiger partial charge in [0.1, 0.15) is 5.82 Å². The van der Waals surface area contributed by atoms with Crippen molar-refractivity contribution in [3.05, 3.63) is 29.0 Å². The van der Waals surface area contributed by atoms with Crippen molar-refractivity contribution in [2.45, 2.75) is 6.42 Å². The third-order valence-corrected chi connectivity index (χ3v) is 2.48. The van der Waals surface area contributed by atoms with E-state index in [2.05, 4.69) is 5.32 Å². The minimum Gasteiger partial charge on any atom is -0.372 e. The first kappa shape index (κ1) is 12.3. The summed E-state index contributed by atoms with van der Waals surface area (Å²) in [7, 11) is 3.78. The number of hydrogen-bond acceptors (Lipinski definition) is 2. The Kier molecular flexibility index (Phi) is 4.85. The van der Waals surface area contributed by atoms with Crippen LogP contribution in [0.25, 0.3) is 0 Å². The predicted molar refractivity (Wildman–Crippen MR) is 63.2 cm³/mol. The largest absolute Gasteiger partial charge is 0.372 e.